The lowest BCUT2D eigenvalue weighted by molar-refractivity contribution is -0.136. The molecule has 10 heteroatoms. The van der Waals surface area contributed by atoms with Gasteiger partial charge in [-0.2, -0.15) is 0 Å². The zero-order chi connectivity index (χ0) is 32.0. The maximum Gasteiger partial charge on any atom is 0.307 e. The lowest BCUT2D eigenvalue weighted by atomic mass is 9.87. The summed E-state index contributed by atoms with van der Waals surface area (Å²) >= 11 is 1.48. The van der Waals surface area contributed by atoms with E-state index in [1.807, 2.05) is 44.6 Å². The van der Waals surface area contributed by atoms with Crippen molar-refractivity contribution in [2.45, 2.75) is 53.4 Å². The van der Waals surface area contributed by atoms with Crippen molar-refractivity contribution >= 4 is 40.1 Å². The maximum atomic E-state index is 15.5. The van der Waals surface area contributed by atoms with Crippen LogP contribution in [0.1, 0.15) is 54.6 Å². The predicted octanol–water partition coefficient (Wildman–Crippen LogP) is 7.99. The van der Waals surface area contributed by atoms with Crippen molar-refractivity contribution in [3.05, 3.63) is 69.7 Å². The Balaban J connectivity index is 1.52. The molecule has 0 saturated heterocycles. The van der Waals surface area contributed by atoms with E-state index in [1.54, 1.807) is 0 Å². The molecule has 1 aliphatic heterocycles. The highest BCUT2D eigenvalue weighted by atomic mass is 32.1. The van der Waals surface area contributed by atoms with Gasteiger partial charge in [0.15, 0.2) is 16.6 Å². The summed E-state index contributed by atoms with van der Waals surface area (Å²) in [4.78, 5) is 16.9. The van der Waals surface area contributed by atoms with Gasteiger partial charge in [0.2, 0.25) is 0 Å². The van der Waals surface area contributed by atoms with Crippen LogP contribution >= 0.6 is 11.3 Å². The monoisotopic (exact) mass is 625 g/mol. The number of aryl methyl sites for hydroxylation is 2. The van der Waals surface area contributed by atoms with E-state index in [9.17, 15) is 9.90 Å². The quantitative estimate of drug-likeness (QED) is 0.180. The minimum Gasteiger partial charge on any atom is -0.490 e. The Labute approximate surface area is 265 Å². The number of hydrogen-bond donors (Lipinski definition) is 2. The molecule has 0 bridgehead atoms. The first kappa shape index (κ1) is 30.5. The number of nitrogens with zero attached hydrogens (tertiary/aromatic N) is 4. The zero-order valence-electron chi connectivity index (χ0n) is 26.3. The molecule has 8 nitrogen and oxygen atoms in total. The fraction of sp³-hybridized carbons (Fsp3) is 0.314. The van der Waals surface area contributed by atoms with Crippen molar-refractivity contribution in [3.63, 3.8) is 0 Å². The second-order valence-corrected chi connectivity index (χ2v) is 12.5. The molecule has 45 heavy (non-hydrogen) atoms. The lowest BCUT2D eigenvalue weighted by Gasteiger charge is -2.23. The molecule has 0 fully saturated rings. The Morgan fingerprint density at radius 3 is 2.71 bits per heavy atom. The van der Waals surface area contributed by atoms with Crippen LogP contribution in [0.25, 0.3) is 49.5 Å². The number of nitrogens with one attached hydrogen (secondary N) is 1. The molecule has 0 aliphatic carbocycles. The summed E-state index contributed by atoms with van der Waals surface area (Å²) in [6.07, 6.45) is 4.41. The van der Waals surface area contributed by atoms with Crippen LogP contribution in [0.4, 0.5) is 10.1 Å². The van der Waals surface area contributed by atoms with Crippen LogP contribution in [0.5, 0.6) is 5.75 Å². The van der Waals surface area contributed by atoms with Gasteiger partial charge in [-0.25, -0.2) is 9.37 Å². The number of carboxylic acid groups (broad SMARTS) is 1. The number of benzene rings is 2. The van der Waals surface area contributed by atoms with Gasteiger partial charge in [-0.15, -0.1) is 10.2 Å². The number of aliphatic carboxylic acids is 1. The number of carbonyl (C=O) groups is 1. The third-order valence-electron chi connectivity index (χ3n) is 8.69. The van der Waals surface area contributed by atoms with E-state index in [-0.39, 0.29) is 6.42 Å². The molecule has 5 aromatic rings. The van der Waals surface area contributed by atoms with Crippen LogP contribution in [0.15, 0.2) is 35.9 Å². The summed E-state index contributed by atoms with van der Waals surface area (Å²) in [6, 6.07) is 9.67. The van der Waals surface area contributed by atoms with E-state index < -0.39 is 11.8 Å². The fourth-order valence-corrected chi connectivity index (χ4v) is 7.03. The first-order valence-electron chi connectivity index (χ1n) is 15.1. The molecule has 3 aromatic heterocycles. The van der Waals surface area contributed by atoms with Crippen LogP contribution in [0.2, 0.25) is 0 Å². The third-order valence-corrected chi connectivity index (χ3v) is 9.68. The first-order valence-corrected chi connectivity index (χ1v) is 15.9. The summed E-state index contributed by atoms with van der Waals surface area (Å²) in [5.74, 6) is -1.12. The van der Waals surface area contributed by atoms with Gasteiger partial charge in [0, 0.05) is 42.0 Å². The largest absolute Gasteiger partial charge is 0.490 e. The highest BCUT2D eigenvalue weighted by Crippen LogP contribution is 2.43. The topological polar surface area (TPSA) is 102 Å². The molecule has 232 valence electrons. The van der Waals surface area contributed by atoms with Gasteiger partial charge in [-0.1, -0.05) is 29.9 Å². The van der Waals surface area contributed by atoms with Crippen LogP contribution in [-0.2, 0) is 24.7 Å². The Kier molecular flexibility index (Phi) is 8.18. The van der Waals surface area contributed by atoms with E-state index in [0.717, 1.165) is 56.9 Å². The molecular formula is C35H36FN5O3S. The van der Waals surface area contributed by atoms with Crippen molar-refractivity contribution in [1.82, 2.24) is 19.7 Å². The highest BCUT2D eigenvalue weighted by molar-refractivity contribution is 7.17. The fourth-order valence-electron chi connectivity index (χ4n) is 6.13. The van der Waals surface area contributed by atoms with Gasteiger partial charge in [0.1, 0.15) is 10.7 Å². The van der Waals surface area contributed by atoms with E-state index >= 15 is 4.39 Å². The SMILES string of the molecule is CCC(C)=Cc1cc(-c2nnc(-c3cc4c(-c5cc(F)c6c(c5C)CCCO6)c(CC(=O)O)c(C)nc4n3C)s2)ccc1NC. The summed E-state index contributed by atoms with van der Waals surface area (Å²) in [5, 5.41) is 24.5. The number of allylic oxidation sites excluding steroid dienone is 1. The number of halogens is 1. The highest BCUT2D eigenvalue weighted by Gasteiger charge is 2.27. The Hall–Kier alpha value is -4.57. The van der Waals surface area contributed by atoms with Crippen molar-refractivity contribution in [3.8, 4) is 38.1 Å². The number of rotatable bonds is 8. The number of fused-ring (bicyclic) bond motifs is 2. The molecule has 1 aliphatic rings. The third kappa shape index (κ3) is 5.48. The summed E-state index contributed by atoms with van der Waals surface area (Å²) < 4.78 is 23.1. The van der Waals surface area contributed by atoms with Gasteiger partial charge in [0.05, 0.1) is 18.7 Å². The van der Waals surface area contributed by atoms with Gasteiger partial charge < -0.3 is 19.7 Å². The molecule has 0 saturated carbocycles. The number of aromatic nitrogens is 4. The van der Waals surface area contributed by atoms with Gasteiger partial charge in [0.25, 0.3) is 0 Å². The first-order chi connectivity index (χ1) is 21.6. The average molecular weight is 626 g/mol. The molecule has 6 rings (SSSR count). The second-order valence-electron chi connectivity index (χ2n) is 11.5. The van der Waals surface area contributed by atoms with Crippen molar-refractivity contribution in [2.75, 3.05) is 19.0 Å². The van der Waals surface area contributed by atoms with E-state index in [1.165, 1.54) is 23.0 Å². The van der Waals surface area contributed by atoms with Crippen LogP contribution in [0.3, 0.4) is 0 Å². The molecule has 2 aromatic carbocycles. The van der Waals surface area contributed by atoms with E-state index in [4.69, 9.17) is 9.72 Å². The molecule has 0 amide bonds. The van der Waals surface area contributed by atoms with Crippen LogP contribution in [0, 0.1) is 19.7 Å². The average Bonchev–Trinajstić information content (AvgIpc) is 3.64. The number of ether oxygens (including phenoxy) is 1. The molecule has 0 unspecified atom stereocenters. The molecule has 0 radical (unpaired) electrons. The smallest absolute Gasteiger partial charge is 0.307 e. The van der Waals surface area contributed by atoms with Gasteiger partial charge in [-0.05, 0) is 98.2 Å². The molecule has 4 heterocycles. The van der Waals surface area contributed by atoms with Crippen LogP contribution in [-0.4, -0.2) is 44.5 Å². The van der Waals surface area contributed by atoms with Crippen molar-refractivity contribution < 1.29 is 19.0 Å². The summed E-state index contributed by atoms with van der Waals surface area (Å²) in [5.41, 5.74) is 10.0. The number of hydrogen-bond acceptors (Lipinski definition) is 7. The minimum atomic E-state index is -0.975. The molecule has 0 spiro atoms. The summed E-state index contributed by atoms with van der Waals surface area (Å²) in [6.45, 7) is 8.51. The van der Waals surface area contributed by atoms with E-state index in [2.05, 4.69) is 47.6 Å². The van der Waals surface area contributed by atoms with Crippen molar-refractivity contribution in [1.29, 1.82) is 0 Å². The molecule has 0 atom stereocenters. The lowest BCUT2D eigenvalue weighted by Crippen LogP contribution is -2.13. The predicted molar refractivity (Wildman–Crippen MR) is 179 cm³/mol. The zero-order valence-corrected chi connectivity index (χ0v) is 27.2. The Bertz CT molecular complexity index is 2010. The van der Waals surface area contributed by atoms with Gasteiger partial charge in [-0.3, -0.25) is 4.79 Å². The van der Waals surface area contributed by atoms with Crippen molar-refractivity contribution in [2.24, 2.45) is 7.05 Å². The number of carboxylic acids is 1. The molecule has 2 N–H and O–H groups in total. The number of anilines is 1. The second kappa shape index (κ2) is 12.1. The van der Waals surface area contributed by atoms with Crippen LogP contribution < -0.4 is 10.1 Å². The summed E-state index contributed by atoms with van der Waals surface area (Å²) in [7, 11) is 3.83. The normalized spacial score (nSPS) is 13.2. The standard InChI is InChI=1S/C35H36FN5O3S/c1-7-18(2)13-22-14-21(10-11-28(22)37-5)34-39-40-35(45-34)29-16-26-31(25(17-30(42)43)20(4)38-33(26)41(29)6)24-15-27(36)32-23(19(24)3)9-8-12-44-32/h10-11,13-16,37H,7-9,12,17H2,1-6H3,(H,42,43). The Morgan fingerprint density at radius 1 is 1.20 bits per heavy atom. The van der Waals surface area contributed by atoms with E-state index in [0.29, 0.717) is 51.8 Å². The minimum absolute atomic E-state index is 0.233. The van der Waals surface area contributed by atoms with Gasteiger partial charge >= 0.3 is 5.97 Å². The Morgan fingerprint density at radius 2 is 1.98 bits per heavy atom. The molecular weight excluding hydrogens is 589 g/mol. The maximum absolute atomic E-state index is 15.5. The number of pyridine rings is 1.